The largest absolute Gasteiger partial charge is 0.459 e. The van der Waals surface area contributed by atoms with Gasteiger partial charge in [-0.1, -0.05) is 13.2 Å². The van der Waals surface area contributed by atoms with E-state index in [1.54, 1.807) is 6.92 Å². The third kappa shape index (κ3) is 11.2. The van der Waals surface area contributed by atoms with Crippen LogP contribution >= 0.6 is 0 Å². The van der Waals surface area contributed by atoms with Crippen molar-refractivity contribution < 1.29 is 28.7 Å². The molecule has 4 amide bonds. The van der Waals surface area contributed by atoms with E-state index in [2.05, 4.69) is 24.2 Å². The zero-order chi connectivity index (χ0) is 17.1. The lowest BCUT2D eigenvalue weighted by atomic mass is 10.4. The van der Waals surface area contributed by atoms with Crippen LogP contribution in [0.5, 0.6) is 0 Å². The molecule has 2 aliphatic heterocycles. The van der Waals surface area contributed by atoms with Gasteiger partial charge in [0.1, 0.15) is 12.7 Å². The Morgan fingerprint density at radius 2 is 2.05 bits per heavy atom. The van der Waals surface area contributed by atoms with Crippen LogP contribution in [-0.4, -0.2) is 49.7 Å². The van der Waals surface area contributed by atoms with Crippen molar-refractivity contribution in [3.63, 3.8) is 0 Å². The molecule has 9 nitrogen and oxygen atoms in total. The van der Waals surface area contributed by atoms with Crippen molar-refractivity contribution in [3.05, 3.63) is 24.8 Å². The molecule has 122 valence electrons. The van der Waals surface area contributed by atoms with E-state index in [4.69, 9.17) is 9.47 Å². The monoisotopic (exact) mass is 313 g/mol. The quantitative estimate of drug-likeness (QED) is 0.263. The topological polar surface area (TPSA) is 140 Å². The van der Waals surface area contributed by atoms with Crippen molar-refractivity contribution in [1.29, 1.82) is 0 Å². The number of hydrogen-bond donors (Lipinski definition) is 3. The van der Waals surface area contributed by atoms with Crippen LogP contribution in [0.2, 0.25) is 0 Å². The van der Waals surface area contributed by atoms with Crippen LogP contribution in [0, 0.1) is 0 Å². The lowest BCUT2D eigenvalue weighted by molar-refractivity contribution is -0.139. The minimum Gasteiger partial charge on any atom is -0.459 e. The molecule has 0 spiro atoms. The van der Waals surface area contributed by atoms with Crippen LogP contribution in [0.15, 0.2) is 24.8 Å². The predicted octanol–water partition coefficient (Wildman–Crippen LogP) is -1.01. The highest BCUT2D eigenvalue weighted by Gasteiger charge is 2.24. The predicted molar refractivity (Wildman–Crippen MR) is 76.4 cm³/mol. The first-order valence-corrected chi connectivity index (χ1v) is 6.20. The summed E-state index contributed by atoms with van der Waals surface area (Å²) >= 11 is 0. The number of rotatable bonds is 4. The standard InChI is InChI=1S/C7H10O3.C3H4N2O2.C3H5NO/c1-5(2)7(8)10-4-6-3-9-6;6-2-1-4-3(7)5-2;1-2-3(4)5/h6H,1,3-4H2,2H3;1H2,(H2,4,5,6,7);2H,1H2,(H2,4,5). The number of hydrogen-bond acceptors (Lipinski definition) is 6. The summed E-state index contributed by atoms with van der Waals surface area (Å²) in [6.07, 6.45) is 1.20. The minimum atomic E-state index is -0.481. The van der Waals surface area contributed by atoms with E-state index in [1.165, 1.54) is 0 Å². The van der Waals surface area contributed by atoms with Crippen molar-refractivity contribution in [3.8, 4) is 0 Å². The maximum absolute atomic E-state index is 10.7. The highest BCUT2D eigenvalue weighted by Crippen LogP contribution is 2.09. The highest BCUT2D eigenvalue weighted by atomic mass is 16.6. The Bertz CT molecular complexity index is 456. The van der Waals surface area contributed by atoms with E-state index in [-0.39, 0.29) is 24.5 Å². The minimum absolute atomic E-state index is 0.124. The molecule has 0 aliphatic carbocycles. The van der Waals surface area contributed by atoms with Crippen molar-refractivity contribution >= 4 is 23.8 Å². The van der Waals surface area contributed by atoms with E-state index in [1.807, 2.05) is 5.32 Å². The van der Waals surface area contributed by atoms with Gasteiger partial charge in [0, 0.05) is 5.57 Å². The summed E-state index contributed by atoms with van der Waals surface area (Å²) in [7, 11) is 0. The third-order valence-corrected chi connectivity index (χ3v) is 2.01. The molecule has 2 rings (SSSR count). The van der Waals surface area contributed by atoms with Gasteiger partial charge in [-0.2, -0.15) is 0 Å². The number of amides is 4. The van der Waals surface area contributed by atoms with Crippen LogP contribution in [-0.2, 0) is 23.9 Å². The molecule has 0 aromatic heterocycles. The van der Waals surface area contributed by atoms with Crippen LogP contribution in [0.1, 0.15) is 6.92 Å². The summed E-state index contributed by atoms with van der Waals surface area (Å²) in [6.45, 7) is 9.35. The molecular weight excluding hydrogens is 294 g/mol. The number of epoxide rings is 1. The molecule has 0 radical (unpaired) electrons. The second kappa shape index (κ2) is 10.1. The van der Waals surface area contributed by atoms with E-state index in [9.17, 15) is 19.2 Å². The molecule has 0 aromatic rings. The van der Waals surface area contributed by atoms with Gasteiger partial charge in [-0.05, 0) is 13.0 Å². The molecule has 2 aliphatic rings. The van der Waals surface area contributed by atoms with E-state index in [0.717, 1.165) is 6.08 Å². The van der Waals surface area contributed by atoms with Crippen molar-refractivity contribution in [2.75, 3.05) is 19.8 Å². The first-order chi connectivity index (χ1) is 10.3. The van der Waals surface area contributed by atoms with Crippen molar-refractivity contribution in [1.82, 2.24) is 10.6 Å². The Morgan fingerprint density at radius 1 is 1.50 bits per heavy atom. The molecule has 4 N–H and O–H groups in total. The maximum atomic E-state index is 10.7. The average molecular weight is 313 g/mol. The van der Waals surface area contributed by atoms with Gasteiger partial charge in [0.2, 0.25) is 11.8 Å². The van der Waals surface area contributed by atoms with Crippen molar-refractivity contribution in [2.24, 2.45) is 5.73 Å². The van der Waals surface area contributed by atoms with Crippen LogP contribution in [0.4, 0.5) is 4.79 Å². The average Bonchev–Trinajstić information content (AvgIpc) is 3.21. The highest BCUT2D eigenvalue weighted by molar-refractivity contribution is 6.01. The fourth-order valence-corrected chi connectivity index (χ4v) is 0.832. The van der Waals surface area contributed by atoms with Crippen LogP contribution in [0.3, 0.4) is 0 Å². The third-order valence-electron chi connectivity index (χ3n) is 2.01. The Labute approximate surface area is 127 Å². The van der Waals surface area contributed by atoms with E-state index in [0.29, 0.717) is 18.8 Å². The molecule has 0 bridgehead atoms. The molecule has 2 saturated heterocycles. The van der Waals surface area contributed by atoms with E-state index >= 15 is 0 Å². The summed E-state index contributed by atoms with van der Waals surface area (Å²) < 4.78 is 9.60. The SMILES string of the molecule is C=C(C)C(=O)OCC1CO1.C=CC(N)=O.O=C1CNC(=O)N1. The summed E-state index contributed by atoms with van der Waals surface area (Å²) in [4.78, 5) is 40.2. The van der Waals surface area contributed by atoms with Gasteiger partial charge < -0.3 is 20.5 Å². The number of urea groups is 1. The van der Waals surface area contributed by atoms with Gasteiger partial charge in [0.05, 0.1) is 13.2 Å². The molecular formula is C13H19N3O6. The zero-order valence-corrected chi connectivity index (χ0v) is 12.2. The number of carbonyl (C=O) groups excluding carboxylic acids is 4. The molecule has 1 unspecified atom stereocenters. The molecule has 9 heteroatoms. The second-order valence-electron chi connectivity index (χ2n) is 4.17. The number of nitrogens with two attached hydrogens (primary N) is 1. The molecule has 0 aromatic carbocycles. The Kier molecular flexibility index (Phi) is 8.87. The first kappa shape index (κ1) is 19.3. The molecule has 2 heterocycles. The van der Waals surface area contributed by atoms with Gasteiger partial charge >= 0.3 is 12.0 Å². The fraction of sp³-hybridized carbons (Fsp3) is 0.385. The number of primary amides is 1. The number of carbonyl (C=O) groups is 4. The molecule has 0 saturated carbocycles. The second-order valence-corrected chi connectivity index (χ2v) is 4.17. The Balaban J connectivity index is 0.000000322. The summed E-state index contributed by atoms with van der Waals surface area (Å²) in [5.74, 6) is -1.08. The summed E-state index contributed by atoms with van der Waals surface area (Å²) in [5.41, 5.74) is 4.97. The van der Waals surface area contributed by atoms with E-state index < -0.39 is 11.9 Å². The summed E-state index contributed by atoms with van der Waals surface area (Å²) in [6, 6.07) is -0.398. The Morgan fingerprint density at radius 3 is 2.27 bits per heavy atom. The number of ether oxygens (including phenoxy) is 2. The molecule has 1 atom stereocenters. The number of imide groups is 1. The fourth-order valence-electron chi connectivity index (χ4n) is 0.832. The maximum Gasteiger partial charge on any atom is 0.333 e. The van der Waals surface area contributed by atoms with Crippen LogP contribution in [0.25, 0.3) is 0 Å². The van der Waals surface area contributed by atoms with Crippen molar-refractivity contribution in [2.45, 2.75) is 13.0 Å². The normalized spacial score (nSPS) is 17.4. The smallest absolute Gasteiger partial charge is 0.333 e. The zero-order valence-electron chi connectivity index (χ0n) is 12.2. The van der Waals surface area contributed by atoms with Crippen LogP contribution < -0.4 is 16.4 Å². The van der Waals surface area contributed by atoms with Gasteiger partial charge in [-0.15, -0.1) is 0 Å². The lowest BCUT2D eigenvalue weighted by Gasteiger charge is -1.99. The van der Waals surface area contributed by atoms with Gasteiger partial charge in [-0.25, -0.2) is 9.59 Å². The number of esters is 1. The molecule has 22 heavy (non-hydrogen) atoms. The first-order valence-electron chi connectivity index (χ1n) is 6.20. The summed E-state index contributed by atoms with van der Waals surface area (Å²) in [5, 5.41) is 4.30. The number of nitrogens with one attached hydrogen (secondary N) is 2. The molecule has 2 fully saturated rings. The lowest BCUT2D eigenvalue weighted by Crippen LogP contribution is -2.22. The van der Waals surface area contributed by atoms with Gasteiger partial charge in [0.25, 0.3) is 0 Å². The van der Waals surface area contributed by atoms with Gasteiger partial charge in [-0.3, -0.25) is 14.9 Å². The Hall–Kier alpha value is -2.68. The van der Waals surface area contributed by atoms with Gasteiger partial charge in [0.15, 0.2) is 0 Å².